The minimum absolute atomic E-state index is 0.0609. The van der Waals surface area contributed by atoms with Crippen LogP contribution < -0.4 is 5.73 Å². The maximum atomic E-state index is 14.4. The molecule has 0 amide bonds. The van der Waals surface area contributed by atoms with Crippen molar-refractivity contribution in [3.05, 3.63) is 63.0 Å². The SMILES string of the molecule is COC(=O)c1cc(/C(C=Nc2c(Cl)cc(C(F)(C(F)(F)F)C(F)(F)F)cc2C(F)(F)F)=C/N)cnc1Cl. The lowest BCUT2D eigenvalue weighted by Crippen LogP contribution is -2.50. The van der Waals surface area contributed by atoms with Crippen molar-refractivity contribution in [3.63, 3.8) is 0 Å². The van der Waals surface area contributed by atoms with Gasteiger partial charge in [0.2, 0.25) is 0 Å². The van der Waals surface area contributed by atoms with Crippen LogP contribution in [0.1, 0.15) is 27.0 Å². The van der Waals surface area contributed by atoms with Crippen molar-refractivity contribution in [2.75, 3.05) is 7.11 Å². The zero-order chi connectivity index (χ0) is 28.6. The molecule has 0 saturated carbocycles. The van der Waals surface area contributed by atoms with Crippen LogP contribution in [0.4, 0.5) is 49.6 Å². The van der Waals surface area contributed by atoms with Crippen LogP contribution in [-0.2, 0) is 16.6 Å². The van der Waals surface area contributed by atoms with Gasteiger partial charge in [-0.1, -0.05) is 23.2 Å². The minimum Gasteiger partial charge on any atom is -0.465 e. The Kier molecular flexibility index (Phi) is 8.44. The first kappa shape index (κ1) is 30.2. The van der Waals surface area contributed by atoms with Gasteiger partial charge in [0.1, 0.15) is 5.15 Å². The lowest BCUT2D eigenvalue weighted by molar-refractivity contribution is -0.348. The molecule has 0 unspecified atom stereocenters. The lowest BCUT2D eigenvalue weighted by atomic mass is 9.92. The second kappa shape index (κ2) is 10.4. The second-order valence-electron chi connectivity index (χ2n) is 6.94. The fraction of sp³-hybridized carbons (Fsp3) is 0.250. The molecule has 1 aromatic heterocycles. The molecule has 0 spiro atoms. The van der Waals surface area contributed by atoms with Gasteiger partial charge in [0.15, 0.2) is 0 Å². The molecule has 2 rings (SSSR count). The van der Waals surface area contributed by atoms with Gasteiger partial charge in [-0.05, 0) is 18.2 Å². The number of benzene rings is 1. The number of nitrogens with two attached hydrogens (primary N) is 1. The summed E-state index contributed by atoms with van der Waals surface area (Å²) in [6.07, 6.45) is -16.6. The number of pyridine rings is 1. The summed E-state index contributed by atoms with van der Waals surface area (Å²) in [4.78, 5) is 18.8. The van der Waals surface area contributed by atoms with Crippen molar-refractivity contribution in [1.82, 2.24) is 4.98 Å². The average molecular weight is 586 g/mol. The Hall–Kier alpha value is -3.07. The summed E-state index contributed by atoms with van der Waals surface area (Å²) in [5, 5.41) is -1.71. The number of ether oxygens (including phenoxy) is 1. The molecule has 0 atom stereocenters. The van der Waals surface area contributed by atoms with Gasteiger partial charge in [-0.2, -0.15) is 39.5 Å². The average Bonchev–Trinajstić information content (AvgIpc) is 2.77. The van der Waals surface area contributed by atoms with Crippen LogP contribution in [0.15, 0.2) is 35.6 Å². The number of carbonyl (C=O) groups is 1. The van der Waals surface area contributed by atoms with Crippen LogP contribution in [-0.4, -0.2) is 36.6 Å². The third kappa shape index (κ3) is 5.92. The smallest absolute Gasteiger partial charge is 0.435 e. The summed E-state index contributed by atoms with van der Waals surface area (Å²) >= 11 is 11.3. The highest BCUT2D eigenvalue weighted by atomic mass is 35.5. The zero-order valence-electron chi connectivity index (χ0n) is 17.8. The molecule has 0 aliphatic carbocycles. The Morgan fingerprint density at radius 1 is 1.00 bits per heavy atom. The maximum Gasteiger partial charge on any atom is 0.435 e. The lowest BCUT2D eigenvalue weighted by Gasteiger charge is -2.31. The van der Waals surface area contributed by atoms with Gasteiger partial charge in [-0.3, -0.25) is 4.99 Å². The van der Waals surface area contributed by atoms with Crippen LogP contribution in [0.3, 0.4) is 0 Å². The molecule has 0 fully saturated rings. The summed E-state index contributed by atoms with van der Waals surface area (Å²) in [6, 6.07) is 0.103. The Labute approximate surface area is 210 Å². The number of halogens is 12. The van der Waals surface area contributed by atoms with E-state index in [9.17, 15) is 48.7 Å². The number of hydrogen-bond acceptors (Lipinski definition) is 5. The van der Waals surface area contributed by atoms with Crippen molar-refractivity contribution in [2.24, 2.45) is 10.7 Å². The number of aliphatic imine (C=N–C) groups is 1. The molecule has 0 aliphatic rings. The van der Waals surface area contributed by atoms with E-state index in [0.29, 0.717) is 6.21 Å². The monoisotopic (exact) mass is 585 g/mol. The summed E-state index contributed by atoms with van der Waals surface area (Å²) in [7, 11) is 1.01. The van der Waals surface area contributed by atoms with E-state index in [1.165, 1.54) is 0 Å². The molecule has 0 bridgehead atoms. The van der Waals surface area contributed by atoms with Gasteiger partial charge >= 0.3 is 30.2 Å². The standard InChI is InChI=1S/C20H11Cl2F10N3O2/c1-37-16(36)11-2-8(6-35-15(11)22)9(5-33)7-34-14-12(18(24,25)26)3-10(4-13(14)21)17(23,19(27,28)29)20(30,31)32/h2-7H,33H2,1H3/b9-5+,34-7?. The van der Waals surface area contributed by atoms with Gasteiger partial charge in [-0.15, -0.1) is 0 Å². The summed E-state index contributed by atoms with van der Waals surface area (Å²) < 4.78 is 138. The van der Waals surface area contributed by atoms with E-state index < -0.39 is 58.1 Å². The van der Waals surface area contributed by atoms with E-state index in [1.54, 1.807) is 0 Å². The van der Waals surface area contributed by atoms with Gasteiger partial charge in [0.25, 0.3) is 0 Å². The predicted molar refractivity (Wildman–Crippen MR) is 112 cm³/mol. The molecule has 37 heavy (non-hydrogen) atoms. The Morgan fingerprint density at radius 3 is 2.03 bits per heavy atom. The number of carbonyl (C=O) groups excluding carboxylic acids is 1. The Balaban J connectivity index is 2.72. The normalized spacial score (nSPS) is 13.8. The maximum absolute atomic E-state index is 14.4. The first-order chi connectivity index (χ1) is 16.8. The highest BCUT2D eigenvalue weighted by Gasteiger charge is 2.73. The summed E-state index contributed by atoms with van der Waals surface area (Å²) in [5.41, 5.74) is -7.35. The first-order valence-electron chi connectivity index (χ1n) is 9.23. The first-order valence-corrected chi connectivity index (χ1v) is 9.99. The van der Waals surface area contributed by atoms with E-state index in [-0.39, 0.29) is 27.9 Å². The van der Waals surface area contributed by atoms with Crippen molar-refractivity contribution in [3.8, 4) is 0 Å². The number of alkyl halides is 10. The van der Waals surface area contributed by atoms with E-state index >= 15 is 0 Å². The molecule has 0 radical (unpaired) electrons. The molecular weight excluding hydrogens is 575 g/mol. The highest BCUT2D eigenvalue weighted by Crippen LogP contribution is 2.55. The number of methoxy groups -OCH3 is 1. The third-order valence-electron chi connectivity index (χ3n) is 4.64. The minimum atomic E-state index is -6.68. The molecule has 1 heterocycles. The predicted octanol–water partition coefficient (Wildman–Crippen LogP) is 7.19. The fourth-order valence-electron chi connectivity index (χ4n) is 2.84. The zero-order valence-corrected chi connectivity index (χ0v) is 19.3. The van der Waals surface area contributed by atoms with Crippen LogP contribution in [0.25, 0.3) is 5.57 Å². The van der Waals surface area contributed by atoms with Gasteiger partial charge in [0, 0.05) is 35.3 Å². The highest BCUT2D eigenvalue weighted by molar-refractivity contribution is 6.33. The largest absolute Gasteiger partial charge is 0.465 e. The summed E-state index contributed by atoms with van der Waals surface area (Å²) in [6.45, 7) is 0. The number of esters is 1. The number of hydrogen-bond donors (Lipinski definition) is 1. The van der Waals surface area contributed by atoms with Gasteiger partial charge in [-0.25, -0.2) is 14.2 Å². The molecule has 202 valence electrons. The van der Waals surface area contributed by atoms with Crippen LogP contribution in [0, 0.1) is 0 Å². The molecule has 0 saturated heterocycles. The van der Waals surface area contributed by atoms with Crippen LogP contribution in [0.2, 0.25) is 10.2 Å². The van der Waals surface area contributed by atoms with E-state index in [4.69, 9.17) is 28.9 Å². The van der Waals surface area contributed by atoms with Gasteiger partial charge < -0.3 is 10.5 Å². The molecule has 5 nitrogen and oxygen atoms in total. The second-order valence-corrected chi connectivity index (χ2v) is 7.71. The number of allylic oxidation sites excluding steroid dienone is 1. The number of rotatable bonds is 5. The third-order valence-corrected chi connectivity index (χ3v) is 5.23. The van der Waals surface area contributed by atoms with Crippen molar-refractivity contribution in [1.29, 1.82) is 0 Å². The molecule has 2 aromatic rings. The van der Waals surface area contributed by atoms with Crippen LogP contribution >= 0.6 is 23.2 Å². The molecule has 0 aliphatic heterocycles. The molecular formula is C20H11Cl2F10N3O2. The van der Waals surface area contributed by atoms with Crippen molar-refractivity contribution >= 4 is 46.6 Å². The molecule has 17 heteroatoms. The quantitative estimate of drug-likeness (QED) is 0.174. The Morgan fingerprint density at radius 2 is 1.57 bits per heavy atom. The molecule has 1 aromatic carbocycles. The number of aromatic nitrogens is 1. The van der Waals surface area contributed by atoms with Crippen LogP contribution in [0.5, 0.6) is 0 Å². The van der Waals surface area contributed by atoms with E-state index in [1.807, 2.05) is 0 Å². The van der Waals surface area contributed by atoms with Crippen molar-refractivity contribution in [2.45, 2.75) is 24.2 Å². The number of nitrogens with zero attached hydrogens (tertiary/aromatic N) is 2. The van der Waals surface area contributed by atoms with Crippen molar-refractivity contribution < 1.29 is 53.4 Å². The Bertz CT molecular complexity index is 1240. The summed E-state index contributed by atoms with van der Waals surface area (Å²) in [5.74, 6) is -0.949. The topological polar surface area (TPSA) is 77.6 Å². The van der Waals surface area contributed by atoms with E-state index in [2.05, 4.69) is 14.7 Å². The van der Waals surface area contributed by atoms with Gasteiger partial charge in [0.05, 0.1) is 28.9 Å². The fourth-order valence-corrected chi connectivity index (χ4v) is 3.29. The van der Waals surface area contributed by atoms with E-state index in [0.717, 1.165) is 25.6 Å². The molecule has 2 N–H and O–H groups in total.